The lowest BCUT2D eigenvalue weighted by Gasteiger charge is -2.13. The maximum Gasteiger partial charge on any atom is 0.106 e. The number of aromatic nitrogens is 2. The Hall–Kier alpha value is -1.02. The van der Waals surface area contributed by atoms with Crippen LogP contribution < -0.4 is 0 Å². The Morgan fingerprint density at radius 2 is 2.20 bits per heavy atom. The van der Waals surface area contributed by atoms with Crippen molar-refractivity contribution < 1.29 is 0 Å². The van der Waals surface area contributed by atoms with Crippen LogP contribution in [-0.4, -0.2) is 9.55 Å². The maximum atomic E-state index is 5.94. The van der Waals surface area contributed by atoms with Gasteiger partial charge in [-0.15, -0.1) is 0 Å². The summed E-state index contributed by atoms with van der Waals surface area (Å²) in [5, 5.41) is 0.747. The number of benzene rings is 1. The Labute approximate surface area is 94.9 Å². The van der Waals surface area contributed by atoms with Gasteiger partial charge < -0.3 is 4.57 Å². The average Bonchev–Trinajstić information content (AvgIpc) is 2.52. The van der Waals surface area contributed by atoms with Gasteiger partial charge in [-0.3, -0.25) is 0 Å². The Balaban J connectivity index is 2.68. The monoisotopic (exact) mass is 222 g/mol. The fourth-order valence-electron chi connectivity index (χ4n) is 1.93. The van der Waals surface area contributed by atoms with Gasteiger partial charge in [0.2, 0.25) is 0 Å². The summed E-state index contributed by atoms with van der Waals surface area (Å²) in [6.07, 6.45) is 1.11. The summed E-state index contributed by atoms with van der Waals surface area (Å²) in [5.74, 6) is 1.06. The van der Waals surface area contributed by atoms with Gasteiger partial charge in [-0.1, -0.05) is 18.5 Å². The van der Waals surface area contributed by atoms with Crippen LogP contribution in [0.1, 0.15) is 32.1 Å². The van der Waals surface area contributed by atoms with Crippen molar-refractivity contribution in [1.29, 1.82) is 0 Å². The van der Waals surface area contributed by atoms with Gasteiger partial charge in [0.05, 0.1) is 11.0 Å². The van der Waals surface area contributed by atoms with Crippen LogP contribution in [0, 0.1) is 6.92 Å². The third-order valence-electron chi connectivity index (χ3n) is 2.86. The SMILES string of the molecule is CCC(C)n1c(C)nc2cc(Cl)ccc21. The maximum absolute atomic E-state index is 5.94. The van der Waals surface area contributed by atoms with Crippen LogP contribution in [0.2, 0.25) is 5.02 Å². The van der Waals surface area contributed by atoms with E-state index in [9.17, 15) is 0 Å². The van der Waals surface area contributed by atoms with Crippen molar-refractivity contribution in [3.8, 4) is 0 Å². The molecule has 0 fully saturated rings. The van der Waals surface area contributed by atoms with E-state index in [0.29, 0.717) is 6.04 Å². The fraction of sp³-hybridized carbons (Fsp3) is 0.417. The number of nitrogens with zero attached hydrogens (tertiary/aromatic N) is 2. The van der Waals surface area contributed by atoms with Crippen molar-refractivity contribution in [2.45, 2.75) is 33.2 Å². The third-order valence-corrected chi connectivity index (χ3v) is 3.09. The minimum Gasteiger partial charge on any atom is -0.325 e. The van der Waals surface area contributed by atoms with Gasteiger partial charge >= 0.3 is 0 Å². The molecule has 0 aliphatic carbocycles. The summed E-state index contributed by atoms with van der Waals surface area (Å²) < 4.78 is 2.27. The molecule has 0 bridgehead atoms. The van der Waals surface area contributed by atoms with Crippen molar-refractivity contribution >= 4 is 22.6 Å². The summed E-state index contributed by atoms with van der Waals surface area (Å²) in [5.41, 5.74) is 2.16. The van der Waals surface area contributed by atoms with Gasteiger partial charge in [0.25, 0.3) is 0 Å². The van der Waals surface area contributed by atoms with E-state index in [1.807, 2.05) is 25.1 Å². The van der Waals surface area contributed by atoms with Crippen LogP contribution in [0.25, 0.3) is 11.0 Å². The molecule has 0 saturated heterocycles. The summed E-state index contributed by atoms with van der Waals surface area (Å²) in [4.78, 5) is 4.52. The summed E-state index contributed by atoms with van der Waals surface area (Å²) in [7, 11) is 0. The largest absolute Gasteiger partial charge is 0.325 e. The van der Waals surface area contributed by atoms with Gasteiger partial charge in [0, 0.05) is 11.1 Å². The first-order chi connectivity index (χ1) is 7.13. The molecule has 1 aromatic heterocycles. The van der Waals surface area contributed by atoms with Gasteiger partial charge in [-0.05, 0) is 38.5 Å². The first-order valence-corrected chi connectivity index (χ1v) is 5.65. The standard InChI is InChI=1S/C12H15ClN2/c1-4-8(2)15-9(3)14-11-7-10(13)5-6-12(11)15/h5-8H,4H2,1-3H3. The highest BCUT2D eigenvalue weighted by molar-refractivity contribution is 6.31. The van der Waals surface area contributed by atoms with E-state index >= 15 is 0 Å². The number of imidazole rings is 1. The lowest BCUT2D eigenvalue weighted by Crippen LogP contribution is -2.05. The van der Waals surface area contributed by atoms with Gasteiger partial charge in [-0.2, -0.15) is 0 Å². The predicted octanol–water partition coefficient (Wildman–Crippen LogP) is 3.97. The van der Waals surface area contributed by atoms with Crippen molar-refractivity contribution in [3.63, 3.8) is 0 Å². The van der Waals surface area contributed by atoms with E-state index in [2.05, 4.69) is 23.4 Å². The molecule has 1 heterocycles. The summed E-state index contributed by atoms with van der Waals surface area (Å²) in [6.45, 7) is 6.44. The molecule has 1 unspecified atom stereocenters. The first-order valence-electron chi connectivity index (χ1n) is 5.27. The van der Waals surface area contributed by atoms with Crippen molar-refractivity contribution in [1.82, 2.24) is 9.55 Å². The van der Waals surface area contributed by atoms with Gasteiger partial charge in [-0.25, -0.2) is 4.98 Å². The molecule has 0 amide bonds. The van der Waals surface area contributed by atoms with Crippen LogP contribution >= 0.6 is 11.6 Å². The van der Waals surface area contributed by atoms with Crippen molar-refractivity contribution in [3.05, 3.63) is 29.0 Å². The summed E-state index contributed by atoms with van der Waals surface area (Å²) in [6, 6.07) is 6.37. The number of aryl methyl sites for hydroxylation is 1. The highest BCUT2D eigenvalue weighted by Crippen LogP contribution is 2.24. The zero-order chi connectivity index (χ0) is 11.0. The molecule has 1 atom stereocenters. The molecule has 80 valence electrons. The molecule has 1 aromatic carbocycles. The second-order valence-electron chi connectivity index (χ2n) is 3.92. The molecule has 0 aliphatic rings. The fourth-order valence-corrected chi connectivity index (χ4v) is 2.10. The van der Waals surface area contributed by atoms with Crippen LogP contribution in [0.5, 0.6) is 0 Å². The van der Waals surface area contributed by atoms with Gasteiger partial charge in [0.1, 0.15) is 5.82 Å². The molecule has 2 rings (SSSR count). The second kappa shape index (κ2) is 3.86. The average molecular weight is 223 g/mol. The molecule has 3 heteroatoms. The molecule has 0 saturated carbocycles. The third kappa shape index (κ3) is 1.74. The Bertz CT molecular complexity index is 488. The number of rotatable bonds is 2. The highest BCUT2D eigenvalue weighted by Gasteiger charge is 2.11. The molecule has 2 nitrogen and oxygen atoms in total. The predicted molar refractivity (Wildman–Crippen MR) is 64.5 cm³/mol. The van der Waals surface area contributed by atoms with E-state index in [1.54, 1.807) is 0 Å². The molecule has 0 spiro atoms. The van der Waals surface area contributed by atoms with Gasteiger partial charge in [0.15, 0.2) is 0 Å². The van der Waals surface area contributed by atoms with E-state index in [0.717, 1.165) is 22.8 Å². The Kier molecular flexibility index (Phi) is 2.70. The smallest absolute Gasteiger partial charge is 0.106 e. The summed E-state index contributed by atoms with van der Waals surface area (Å²) >= 11 is 5.94. The molecular formula is C12H15ClN2. The molecular weight excluding hydrogens is 208 g/mol. The molecule has 2 aromatic rings. The molecule has 0 aliphatic heterocycles. The molecule has 0 N–H and O–H groups in total. The number of halogens is 1. The zero-order valence-corrected chi connectivity index (χ0v) is 10.0. The minimum absolute atomic E-state index is 0.483. The highest BCUT2D eigenvalue weighted by atomic mass is 35.5. The van der Waals surface area contributed by atoms with Crippen molar-refractivity contribution in [2.75, 3.05) is 0 Å². The first kappa shape index (κ1) is 10.5. The number of fused-ring (bicyclic) bond motifs is 1. The lowest BCUT2D eigenvalue weighted by molar-refractivity contribution is 0.532. The normalized spacial score (nSPS) is 13.3. The van der Waals surface area contributed by atoms with Crippen LogP contribution in [-0.2, 0) is 0 Å². The van der Waals surface area contributed by atoms with Crippen molar-refractivity contribution in [2.24, 2.45) is 0 Å². The quantitative estimate of drug-likeness (QED) is 0.752. The second-order valence-corrected chi connectivity index (χ2v) is 4.36. The zero-order valence-electron chi connectivity index (χ0n) is 9.29. The molecule has 15 heavy (non-hydrogen) atoms. The topological polar surface area (TPSA) is 17.8 Å². The number of hydrogen-bond donors (Lipinski definition) is 0. The van der Waals surface area contributed by atoms with E-state index in [4.69, 9.17) is 11.6 Å². The Morgan fingerprint density at radius 1 is 1.47 bits per heavy atom. The van der Waals surface area contributed by atoms with E-state index < -0.39 is 0 Å². The lowest BCUT2D eigenvalue weighted by atomic mass is 10.2. The van der Waals surface area contributed by atoms with E-state index in [-0.39, 0.29) is 0 Å². The van der Waals surface area contributed by atoms with E-state index in [1.165, 1.54) is 5.52 Å². The number of hydrogen-bond acceptors (Lipinski definition) is 1. The van der Waals surface area contributed by atoms with Crippen LogP contribution in [0.4, 0.5) is 0 Å². The Morgan fingerprint density at radius 3 is 2.87 bits per heavy atom. The van der Waals surface area contributed by atoms with Crippen LogP contribution in [0.15, 0.2) is 18.2 Å². The van der Waals surface area contributed by atoms with Crippen LogP contribution in [0.3, 0.4) is 0 Å². The molecule has 0 radical (unpaired) electrons. The minimum atomic E-state index is 0.483.